The minimum Gasteiger partial charge on any atom is -0.286 e. The van der Waals surface area contributed by atoms with Gasteiger partial charge in [-0.05, 0) is 12.5 Å². The summed E-state index contributed by atoms with van der Waals surface area (Å²) < 4.78 is 39.8. The molecule has 3 nitrogen and oxygen atoms in total. The van der Waals surface area contributed by atoms with Crippen LogP contribution in [0.5, 0.6) is 0 Å². The van der Waals surface area contributed by atoms with Crippen LogP contribution < -0.4 is 0 Å². The molecule has 0 unspecified atom stereocenters. The van der Waals surface area contributed by atoms with Gasteiger partial charge < -0.3 is 0 Å². The quantitative estimate of drug-likeness (QED) is 0.832. The number of halogens is 4. The number of alkyl halides is 3. The molecule has 0 radical (unpaired) electrons. The predicted octanol–water partition coefficient (Wildman–Crippen LogP) is 3.35. The molecule has 92 valence electrons. The van der Waals surface area contributed by atoms with E-state index in [1.54, 1.807) is 0 Å². The van der Waals surface area contributed by atoms with Crippen LogP contribution in [0.3, 0.4) is 0 Å². The van der Waals surface area contributed by atoms with Crippen molar-refractivity contribution in [2.24, 2.45) is 0 Å². The molecule has 0 aliphatic heterocycles. The van der Waals surface area contributed by atoms with Gasteiger partial charge in [-0.2, -0.15) is 13.2 Å². The maximum absolute atomic E-state index is 12.8. The Kier molecular flexibility index (Phi) is 2.99. The molecule has 0 aliphatic rings. The van der Waals surface area contributed by atoms with Crippen LogP contribution in [0.15, 0.2) is 12.3 Å². The van der Waals surface area contributed by atoms with Crippen LogP contribution in [-0.2, 0) is 12.6 Å². The first-order chi connectivity index (χ1) is 7.95. The molecule has 2 aromatic rings. The van der Waals surface area contributed by atoms with E-state index in [0.29, 0.717) is 12.2 Å². The first-order valence-electron chi connectivity index (χ1n) is 5.04. The standard InChI is InChI=1S/C10H9ClF3N3/c1-2-3-7-15-16-9-8(10(12,13)14)6(11)4-5-17(7)9/h4-5H,2-3H2,1H3. The molecule has 0 N–H and O–H groups in total. The van der Waals surface area contributed by atoms with Gasteiger partial charge >= 0.3 is 6.18 Å². The van der Waals surface area contributed by atoms with Crippen molar-refractivity contribution in [3.63, 3.8) is 0 Å². The van der Waals surface area contributed by atoms with Gasteiger partial charge in [-0.1, -0.05) is 18.5 Å². The van der Waals surface area contributed by atoms with Crippen LogP contribution in [0.1, 0.15) is 24.7 Å². The number of hydrogen-bond acceptors (Lipinski definition) is 2. The Hall–Kier alpha value is -1.30. The van der Waals surface area contributed by atoms with Crippen LogP contribution in [0.2, 0.25) is 5.02 Å². The molecular formula is C10H9ClF3N3. The van der Waals surface area contributed by atoms with E-state index in [4.69, 9.17) is 11.6 Å². The normalized spacial score (nSPS) is 12.3. The Balaban J connectivity index is 2.71. The molecule has 0 aromatic carbocycles. The summed E-state index contributed by atoms with van der Waals surface area (Å²) in [5.74, 6) is 0.504. The number of pyridine rings is 1. The zero-order valence-electron chi connectivity index (χ0n) is 8.92. The lowest BCUT2D eigenvalue weighted by Gasteiger charge is -2.09. The zero-order valence-corrected chi connectivity index (χ0v) is 9.68. The van der Waals surface area contributed by atoms with E-state index in [2.05, 4.69) is 10.2 Å². The lowest BCUT2D eigenvalue weighted by atomic mass is 10.2. The van der Waals surface area contributed by atoms with Crippen molar-refractivity contribution in [2.75, 3.05) is 0 Å². The Morgan fingerprint density at radius 2 is 2.06 bits per heavy atom. The molecule has 2 rings (SSSR count). The monoisotopic (exact) mass is 263 g/mol. The number of aromatic nitrogens is 3. The second-order valence-corrected chi connectivity index (χ2v) is 4.00. The fourth-order valence-corrected chi connectivity index (χ4v) is 1.89. The Labute approximate surface area is 100 Å². The van der Waals surface area contributed by atoms with E-state index in [9.17, 15) is 13.2 Å². The highest BCUT2D eigenvalue weighted by molar-refractivity contribution is 6.31. The summed E-state index contributed by atoms with van der Waals surface area (Å²) in [5.41, 5.74) is -1.18. The van der Waals surface area contributed by atoms with Gasteiger partial charge in [-0.15, -0.1) is 10.2 Å². The van der Waals surface area contributed by atoms with Crippen molar-refractivity contribution in [1.82, 2.24) is 14.6 Å². The predicted molar refractivity (Wildman–Crippen MR) is 57.0 cm³/mol. The van der Waals surface area contributed by atoms with Crippen molar-refractivity contribution in [3.8, 4) is 0 Å². The molecule has 0 amide bonds. The molecule has 2 aromatic heterocycles. The Bertz CT molecular complexity index is 547. The maximum atomic E-state index is 12.8. The third-order valence-corrected chi connectivity index (χ3v) is 2.67. The molecule has 0 saturated heterocycles. The molecule has 2 heterocycles. The fraction of sp³-hybridized carbons (Fsp3) is 0.400. The minimum atomic E-state index is -4.53. The highest BCUT2D eigenvalue weighted by Gasteiger charge is 2.37. The third kappa shape index (κ3) is 2.09. The molecule has 0 fully saturated rings. The molecule has 0 spiro atoms. The van der Waals surface area contributed by atoms with E-state index in [1.807, 2.05) is 6.92 Å². The number of hydrogen-bond donors (Lipinski definition) is 0. The summed E-state index contributed by atoms with van der Waals surface area (Å²) in [6, 6.07) is 1.21. The van der Waals surface area contributed by atoms with Gasteiger partial charge in [0, 0.05) is 12.6 Å². The minimum absolute atomic E-state index is 0.242. The number of fused-ring (bicyclic) bond motifs is 1. The van der Waals surface area contributed by atoms with Gasteiger partial charge in [0.1, 0.15) is 11.4 Å². The summed E-state index contributed by atoms with van der Waals surface area (Å²) in [6.45, 7) is 1.92. The molecule has 0 saturated carbocycles. The van der Waals surface area contributed by atoms with Crippen LogP contribution >= 0.6 is 11.6 Å². The second-order valence-electron chi connectivity index (χ2n) is 3.60. The average Bonchev–Trinajstić information content (AvgIpc) is 2.59. The highest BCUT2D eigenvalue weighted by Crippen LogP contribution is 2.37. The van der Waals surface area contributed by atoms with Gasteiger partial charge in [0.25, 0.3) is 0 Å². The van der Waals surface area contributed by atoms with Gasteiger partial charge in [-0.25, -0.2) is 0 Å². The van der Waals surface area contributed by atoms with Gasteiger partial charge in [0.05, 0.1) is 5.02 Å². The lowest BCUT2D eigenvalue weighted by molar-refractivity contribution is -0.136. The van der Waals surface area contributed by atoms with Crippen molar-refractivity contribution < 1.29 is 13.2 Å². The summed E-state index contributed by atoms with van der Waals surface area (Å²) >= 11 is 5.57. The summed E-state index contributed by atoms with van der Waals surface area (Å²) in [7, 11) is 0. The van der Waals surface area contributed by atoms with Crippen molar-refractivity contribution in [2.45, 2.75) is 25.9 Å². The van der Waals surface area contributed by atoms with Gasteiger partial charge in [0.15, 0.2) is 5.65 Å². The summed E-state index contributed by atoms with van der Waals surface area (Å²) in [4.78, 5) is 0. The maximum Gasteiger partial charge on any atom is 0.421 e. The fourth-order valence-electron chi connectivity index (χ4n) is 1.64. The first kappa shape index (κ1) is 12.2. The average molecular weight is 264 g/mol. The van der Waals surface area contributed by atoms with Crippen LogP contribution in [0, 0.1) is 0 Å². The molecule has 0 bridgehead atoms. The molecule has 0 aliphatic carbocycles. The van der Waals surface area contributed by atoms with E-state index < -0.39 is 11.7 Å². The first-order valence-corrected chi connectivity index (χ1v) is 5.42. The van der Waals surface area contributed by atoms with E-state index in [1.165, 1.54) is 16.7 Å². The second kappa shape index (κ2) is 4.18. The molecule has 7 heteroatoms. The van der Waals surface area contributed by atoms with E-state index in [-0.39, 0.29) is 10.7 Å². The lowest BCUT2D eigenvalue weighted by Crippen LogP contribution is -2.09. The number of aryl methyl sites for hydroxylation is 1. The van der Waals surface area contributed by atoms with E-state index in [0.717, 1.165) is 6.42 Å². The summed E-state index contributed by atoms with van der Waals surface area (Å²) in [5, 5.41) is 6.97. The van der Waals surface area contributed by atoms with Crippen molar-refractivity contribution >= 4 is 17.2 Å². The van der Waals surface area contributed by atoms with Crippen LogP contribution in [0.4, 0.5) is 13.2 Å². The SMILES string of the molecule is CCCc1nnc2c(C(F)(F)F)c(Cl)ccn12. The van der Waals surface area contributed by atoms with Gasteiger partial charge in [-0.3, -0.25) is 4.40 Å². The molecule has 0 atom stereocenters. The smallest absolute Gasteiger partial charge is 0.286 e. The van der Waals surface area contributed by atoms with E-state index >= 15 is 0 Å². The van der Waals surface area contributed by atoms with Crippen molar-refractivity contribution in [1.29, 1.82) is 0 Å². The Morgan fingerprint density at radius 1 is 1.35 bits per heavy atom. The topological polar surface area (TPSA) is 30.2 Å². The largest absolute Gasteiger partial charge is 0.421 e. The summed E-state index contributed by atoms with van der Waals surface area (Å²) in [6.07, 6.45) is -1.72. The number of rotatable bonds is 2. The zero-order chi connectivity index (χ0) is 12.6. The van der Waals surface area contributed by atoms with Crippen LogP contribution in [0.25, 0.3) is 5.65 Å². The molecular weight excluding hydrogens is 255 g/mol. The van der Waals surface area contributed by atoms with Crippen molar-refractivity contribution in [3.05, 3.63) is 28.7 Å². The highest BCUT2D eigenvalue weighted by atomic mass is 35.5. The van der Waals surface area contributed by atoms with Gasteiger partial charge in [0.2, 0.25) is 0 Å². The van der Waals surface area contributed by atoms with Crippen LogP contribution in [-0.4, -0.2) is 14.6 Å². The third-order valence-electron chi connectivity index (χ3n) is 2.36. The number of nitrogens with zero attached hydrogens (tertiary/aromatic N) is 3. The molecule has 17 heavy (non-hydrogen) atoms. The Morgan fingerprint density at radius 3 is 2.65 bits per heavy atom.